The second-order valence-electron chi connectivity index (χ2n) is 8.53. The first-order chi connectivity index (χ1) is 16.2. The van der Waals surface area contributed by atoms with E-state index in [0.29, 0.717) is 23.2 Å². The molecule has 0 atom stereocenters. The highest BCUT2D eigenvalue weighted by atomic mass is 16.3. The van der Waals surface area contributed by atoms with Gasteiger partial charge in [0.25, 0.3) is 0 Å². The highest BCUT2D eigenvalue weighted by Gasteiger charge is 2.19. The quantitative estimate of drug-likeness (QED) is 0.447. The van der Waals surface area contributed by atoms with E-state index in [9.17, 15) is 0 Å². The van der Waals surface area contributed by atoms with Gasteiger partial charge in [0, 0.05) is 51.2 Å². The average molecular weight is 443 g/mol. The number of nitrogens with zero attached hydrogens (tertiary/aromatic N) is 7. The van der Waals surface area contributed by atoms with E-state index in [1.807, 2.05) is 18.2 Å². The van der Waals surface area contributed by atoms with Gasteiger partial charge in [0.05, 0.1) is 11.6 Å². The van der Waals surface area contributed by atoms with Gasteiger partial charge in [-0.3, -0.25) is 4.90 Å². The minimum atomic E-state index is 0.314. The SMILES string of the molecule is Cc1ccc(N2CCN(CCn3ccc4c3nc(N)n3nc(-c5ccco5)nc43)CC2)cc1. The summed E-state index contributed by atoms with van der Waals surface area (Å²) >= 11 is 0. The van der Waals surface area contributed by atoms with Gasteiger partial charge in [-0.25, -0.2) is 4.98 Å². The summed E-state index contributed by atoms with van der Waals surface area (Å²) in [6.07, 6.45) is 3.66. The van der Waals surface area contributed by atoms with Crippen LogP contribution in [0.3, 0.4) is 0 Å². The van der Waals surface area contributed by atoms with Crippen molar-refractivity contribution in [2.45, 2.75) is 13.5 Å². The standard InChI is InChI=1S/C24H26N8O/c1-17-4-6-18(7-5-17)30-13-10-29(11-14-30)12-15-31-9-8-19-22(31)27-24(25)32-23(19)26-21(28-32)20-3-2-16-33-20/h2-9,16H,10-15H2,1H3,(H2,25,27). The van der Waals surface area contributed by atoms with Crippen molar-refractivity contribution in [2.24, 2.45) is 0 Å². The molecular formula is C24H26N8O. The van der Waals surface area contributed by atoms with Crippen LogP contribution in [0, 0.1) is 6.92 Å². The van der Waals surface area contributed by atoms with Crippen LogP contribution < -0.4 is 10.6 Å². The molecule has 9 nitrogen and oxygen atoms in total. The zero-order chi connectivity index (χ0) is 22.4. The van der Waals surface area contributed by atoms with Crippen LogP contribution in [0.4, 0.5) is 11.6 Å². The maximum Gasteiger partial charge on any atom is 0.225 e. The zero-order valence-electron chi connectivity index (χ0n) is 18.6. The molecular weight excluding hydrogens is 416 g/mol. The first-order valence-electron chi connectivity index (χ1n) is 11.2. The van der Waals surface area contributed by atoms with Gasteiger partial charge >= 0.3 is 0 Å². The zero-order valence-corrected chi connectivity index (χ0v) is 18.6. The summed E-state index contributed by atoms with van der Waals surface area (Å²) in [5, 5.41) is 5.40. The Morgan fingerprint density at radius 2 is 1.76 bits per heavy atom. The van der Waals surface area contributed by atoms with Gasteiger partial charge in [-0.1, -0.05) is 17.7 Å². The van der Waals surface area contributed by atoms with E-state index in [1.165, 1.54) is 11.3 Å². The Bertz CT molecular complexity index is 1390. The summed E-state index contributed by atoms with van der Waals surface area (Å²) in [6.45, 7) is 8.10. The minimum Gasteiger partial charge on any atom is -0.461 e. The van der Waals surface area contributed by atoms with Crippen LogP contribution in [0.1, 0.15) is 5.56 Å². The molecule has 9 heteroatoms. The van der Waals surface area contributed by atoms with Crippen molar-refractivity contribution < 1.29 is 4.42 Å². The van der Waals surface area contributed by atoms with E-state index in [-0.39, 0.29) is 0 Å². The summed E-state index contributed by atoms with van der Waals surface area (Å²) in [5.41, 5.74) is 10.4. The van der Waals surface area contributed by atoms with E-state index >= 15 is 0 Å². The number of aryl methyl sites for hydroxylation is 1. The molecule has 0 saturated carbocycles. The van der Waals surface area contributed by atoms with Crippen LogP contribution in [0.15, 0.2) is 59.3 Å². The van der Waals surface area contributed by atoms with Gasteiger partial charge in [-0.15, -0.1) is 5.10 Å². The van der Waals surface area contributed by atoms with Gasteiger partial charge < -0.3 is 19.6 Å². The van der Waals surface area contributed by atoms with Crippen molar-refractivity contribution in [1.29, 1.82) is 0 Å². The lowest BCUT2D eigenvalue weighted by Gasteiger charge is -2.36. The van der Waals surface area contributed by atoms with Crippen LogP contribution in [-0.4, -0.2) is 61.8 Å². The lowest BCUT2D eigenvalue weighted by atomic mass is 10.2. The lowest BCUT2D eigenvalue weighted by molar-refractivity contribution is 0.249. The van der Waals surface area contributed by atoms with Crippen molar-refractivity contribution in [1.82, 2.24) is 29.0 Å². The lowest BCUT2D eigenvalue weighted by Crippen LogP contribution is -2.47. The molecule has 5 heterocycles. The number of fused-ring (bicyclic) bond motifs is 3. The number of hydrogen-bond acceptors (Lipinski definition) is 7. The molecule has 33 heavy (non-hydrogen) atoms. The smallest absolute Gasteiger partial charge is 0.225 e. The number of benzene rings is 1. The van der Waals surface area contributed by atoms with E-state index < -0.39 is 0 Å². The molecule has 1 aliphatic heterocycles. The molecule has 6 rings (SSSR count). The highest BCUT2D eigenvalue weighted by molar-refractivity contribution is 5.91. The summed E-state index contributed by atoms with van der Waals surface area (Å²) in [6, 6.07) is 14.5. The highest BCUT2D eigenvalue weighted by Crippen LogP contribution is 2.24. The number of anilines is 2. The van der Waals surface area contributed by atoms with E-state index in [0.717, 1.165) is 50.3 Å². The van der Waals surface area contributed by atoms with Gasteiger partial charge in [-0.2, -0.15) is 9.50 Å². The molecule has 0 amide bonds. The monoisotopic (exact) mass is 442 g/mol. The van der Waals surface area contributed by atoms with Crippen LogP contribution in [0.2, 0.25) is 0 Å². The van der Waals surface area contributed by atoms with Gasteiger partial charge in [-0.05, 0) is 37.3 Å². The van der Waals surface area contributed by atoms with E-state index in [1.54, 1.807) is 10.8 Å². The van der Waals surface area contributed by atoms with Crippen molar-refractivity contribution in [3.8, 4) is 11.6 Å². The third-order valence-electron chi connectivity index (χ3n) is 6.39. The fraction of sp³-hybridized carbons (Fsp3) is 0.292. The third-order valence-corrected chi connectivity index (χ3v) is 6.39. The van der Waals surface area contributed by atoms with Crippen LogP contribution in [-0.2, 0) is 6.54 Å². The van der Waals surface area contributed by atoms with Crippen molar-refractivity contribution in [3.05, 3.63) is 60.5 Å². The fourth-order valence-electron chi connectivity index (χ4n) is 4.49. The maximum atomic E-state index is 6.23. The predicted molar refractivity (Wildman–Crippen MR) is 128 cm³/mol. The molecule has 1 fully saturated rings. The molecule has 2 N–H and O–H groups in total. The number of rotatable bonds is 5. The molecule has 0 bridgehead atoms. The molecule has 1 saturated heterocycles. The summed E-state index contributed by atoms with van der Waals surface area (Å²) in [4.78, 5) is 14.2. The van der Waals surface area contributed by atoms with Crippen molar-refractivity contribution in [2.75, 3.05) is 43.4 Å². The first-order valence-corrected chi connectivity index (χ1v) is 11.2. The Morgan fingerprint density at radius 1 is 0.939 bits per heavy atom. The molecule has 5 aromatic rings. The maximum absolute atomic E-state index is 6.23. The van der Waals surface area contributed by atoms with Crippen LogP contribution in [0.5, 0.6) is 0 Å². The molecule has 4 aromatic heterocycles. The normalized spacial score (nSPS) is 15.1. The fourth-order valence-corrected chi connectivity index (χ4v) is 4.49. The second-order valence-corrected chi connectivity index (χ2v) is 8.53. The number of furan rings is 1. The van der Waals surface area contributed by atoms with Crippen LogP contribution in [0.25, 0.3) is 28.3 Å². The Morgan fingerprint density at radius 3 is 2.52 bits per heavy atom. The minimum absolute atomic E-state index is 0.314. The molecule has 0 radical (unpaired) electrons. The van der Waals surface area contributed by atoms with Crippen molar-refractivity contribution >= 4 is 28.3 Å². The number of aromatic nitrogens is 5. The third kappa shape index (κ3) is 3.60. The number of nitrogens with two attached hydrogens (primary N) is 1. The molecule has 168 valence electrons. The average Bonchev–Trinajstić information content (AvgIpc) is 3.58. The Kier molecular flexibility index (Phi) is 4.76. The van der Waals surface area contributed by atoms with Crippen molar-refractivity contribution in [3.63, 3.8) is 0 Å². The second kappa shape index (κ2) is 7.93. The van der Waals surface area contributed by atoms with Gasteiger partial charge in [0.15, 0.2) is 11.4 Å². The molecule has 0 unspecified atom stereocenters. The summed E-state index contributed by atoms with van der Waals surface area (Å²) < 4.78 is 9.17. The van der Waals surface area contributed by atoms with Gasteiger partial charge in [0.1, 0.15) is 5.65 Å². The Hall–Kier alpha value is -3.85. The molecule has 1 aliphatic rings. The molecule has 0 spiro atoms. The largest absolute Gasteiger partial charge is 0.461 e. The molecule has 1 aromatic carbocycles. The van der Waals surface area contributed by atoms with E-state index in [4.69, 9.17) is 10.2 Å². The molecule has 0 aliphatic carbocycles. The topological polar surface area (TPSA) is 93.7 Å². The Balaban J connectivity index is 1.17. The van der Waals surface area contributed by atoms with E-state index in [2.05, 4.69) is 66.8 Å². The summed E-state index contributed by atoms with van der Waals surface area (Å²) in [5.74, 6) is 1.42. The Labute approximate surface area is 191 Å². The predicted octanol–water partition coefficient (Wildman–Crippen LogP) is 3.05. The number of hydrogen-bond donors (Lipinski definition) is 1. The van der Waals surface area contributed by atoms with Crippen LogP contribution >= 0.6 is 0 Å². The first kappa shape index (κ1) is 19.8. The number of nitrogen functional groups attached to an aromatic ring is 1. The summed E-state index contributed by atoms with van der Waals surface area (Å²) in [7, 11) is 0. The number of piperazine rings is 1. The van der Waals surface area contributed by atoms with Gasteiger partial charge in [0.2, 0.25) is 11.8 Å².